The summed E-state index contributed by atoms with van der Waals surface area (Å²) in [5.41, 5.74) is 0.176. The van der Waals surface area contributed by atoms with Crippen molar-refractivity contribution in [2.24, 2.45) is 0 Å². The van der Waals surface area contributed by atoms with Crippen molar-refractivity contribution in [1.82, 2.24) is 0 Å². The summed E-state index contributed by atoms with van der Waals surface area (Å²) in [6, 6.07) is 7.91. The van der Waals surface area contributed by atoms with Crippen LogP contribution in [0.25, 0.3) is 0 Å². The minimum absolute atomic E-state index is 0.0312. The molecule has 0 amide bonds. The first-order valence-electron chi connectivity index (χ1n) is 5.04. The smallest absolute Gasteiger partial charge is 0.196 e. The van der Waals surface area contributed by atoms with Crippen molar-refractivity contribution in [3.63, 3.8) is 0 Å². The van der Waals surface area contributed by atoms with Crippen LogP contribution in [0.4, 0.5) is 0 Å². The van der Waals surface area contributed by atoms with Gasteiger partial charge in [0.15, 0.2) is 5.78 Å². The van der Waals surface area contributed by atoms with Gasteiger partial charge < -0.3 is 15.3 Å². The summed E-state index contributed by atoms with van der Waals surface area (Å²) >= 11 is 5.69. The Morgan fingerprint density at radius 1 is 1.00 bits per heavy atom. The second-order valence-corrected chi connectivity index (χ2v) is 4.11. The minimum atomic E-state index is -0.495. The lowest BCUT2D eigenvalue weighted by Crippen LogP contribution is -2.01. The van der Waals surface area contributed by atoms with Gasteiger partial charge in [-0.3, -0.25) is 4.79 Å². The van der Waals surface area contributed by atoms with Crippen molar-refractivity contribution in [1.29, 1.82) is 0 Å². The van der Waals surface area contributed by atoms with Crippen LogP contribution in [0.5, 0.6) is 17.2 Å². The Hall–Kier alpha value is -2.20. The Morgan fingerprint density at radius 3 is 2.39 bits per heavy atom. The number of hydrogen-bond acceptors (Lipinski definition) is 4. The Kier molecular flexibility index (Phi) is 3.12. The molecule has 0 aliphatic carbocycles. The lowest BCUT2D eigenvalue weighted by Gasteiger charge is -2.06. The van der Waals surface area contributed by atoms with Crippen LogP contribution in [0.2, 0.25) is 5.02 Å². The highest BCUT2D eigenvalue weighted by Crippen LogP contribution is 2.32. The zero-order valence-corrected chi connectivity index (χ0v) is 9.85. The van der Waals surface area contributed by atoms with E-state index in [-0.39, 0.29) is 33.4 Å². The third kappa shape index (κ3) is 2.24. The predicted molar refractivity (Wildman–Crippen MR) is 66.3 cm³/mol. The molecular weight excluding hydrogens is 256 g/mol. The summed E-state index contributed by atoms with van der Waals surface area (Å²) in [7, 11) is 0. The molecule has 0 heterocycles. The fourth-order valence-electron chi connectivity index (χ4n) is 1.54. The second kappa shape index (κ2) is 4.58. The van der Waals surface area contributed by atoms with Crippen LogP contribution in [0.3, 0.4) is 0 Å². The van der Waals surface area contributed by atoms with E-state index < -0.39 is 5.78 Å². The molecule has 18 heavy (non-hydrogen) atoms. The molecule has 0 saturated carbocycles. The van der Waals surface area contributed by atoms with Gasteiger partial charge in [-0.25, -0.2) is 0 Å². The molecule has 2 rings (SSSR count). The maximum atomic E-state index is 12.1. The summed E-state index contributed by atoms with van der Waals surface area (Å²) < 4.78 is 0. The van der Waals surface area contributed by atoms with E-state index >= 15 is 0 Å². The third-order valence-electron chi connectivity index (χ3n) is 2.42. The highest BCUT2D eigenvalue weighted by molar-refractivity contribution is 6.32. The Balaban J connectivity index is 2.49. The molecule has 0 aromatic heterocycles. The van der Waals surface area contributed by atoms with Crippen molar-refractivity contribution < 1.29 is 20.1 Å². The van der Waals surface area contributed by atoms with Crippen molar-refractivity contribution in [3.8, 4) is 17.2 Å². The van der Waals surface area contributed by atoms with E-state index in [1.807, 2.05) is 0 Å². The van der Waals surface area contributed by atoms with Gasteiger partial charge in [0.1, 0.15) is 17.2 Å². The van der Waals surface area contributed by atoms with Crippen molar-refractivity contribution >= 4 is 17.4 Å². The molecule has 0 unspecified atom stereocenters. The number of carbonyl (C=O) groups is 1. The molecule has 2 aromatic carbocycles. The van der Waals surface area contributed by atoms with Crippen LogP contribution >= 0.6 is 11.6 Å². The molecule has 0 saturated heterocycles. The van der Waals surface area contributed by atoms with Gasteiger partial charge in [-0.1, -0.05) is 23.7 Å². The van der Waals surface area contributed by atoms with Gasteiger partial charge in [0, 0.05) is 11.6 Å². The molecule has 0 aliphatic heterocycles. The normalized spacial score (nSPS) is 10.3. The van der Waals surface area contributed by atoms with E-state index in [1.54, 1.807) is 0 Å². The lowest BCUT2D eigenvalue weighted by atomic mass is 10.0. The summed E-state index contributed by atoms with van der Waals surface area (Å²) in [5, 5.41) is 28.2. The summed E-state index contributed by atoms with van der Waals surface area (Å²) in [5.74, 6) is -1.22. The SMILES string of the molecule is O=C(c1cccc(O)c1)c1cc(Cl)c(O)cc1O. The minimum Gasteiger partial charge on any atom is -0.508 e. The van der Waals surface area contributed by atoms with E-state index in [2.05, 4.69) is 0 Å². The molecule has 0 spiro atoms. The number of phenols is 3. The maximum absolute atomic E-state index is 12.1. The molecule has 0 fully saturated rings. The number of hydrogen-bond donors (Lipinski definition) is 3. The average Bonchev–Trinajstić information content (AvgIpc) is 2.33. The topological polar surface area (TPSA) is 77.8 Å². The molecule has 0 bridgehead atoms. The molecular formula is C13H9ClO4. The fraction of sp³-hybridized carbons (Fsp3) is 0. The largest absolute Gasteiger partial charge is 0.508 e. The first kappa shape index (κ1) is 12.3. The average molecular weight is 265 g/mol. The van der Waals surface area contributed by atoms with Crippen LogP contribution in [0.1, 0.15) is 15.9 Å². The highest BCUT2D eigenvalue weighted by atomic mass is 35.5. The van der Waals surface area contributed by atoms with E-state index in [0.29, 0.717) is 0 Å². The maximum Gasteiger partial charge on any atom is 0.196 e. The number of carbonyl (C=O) groups excluding carboxylic acids is 1. The van der Waals surface area contributed by atoms with Gasteiger partial charge in [0.2, 0.25) is 0 Å². The molecule has 4 nitrogen and oxygen atoms in total. The quantitative estimate of drug-likeness (QED) is 0.729. The monoisotopic (exact) mass is 264 g/mol. The number of phenolic OH excluding ortho intramolecular Hbond substituents is 3. The standard InChI is InChI=1S/C13H9ClO4/c14-10-5-9(11(16)6-12(10)17)13(18)7-2-1-3-8(15)4-7/h1-6,15-17H. The van der Waals surface area contributed by atoms with Gasteiger partial charge in [-0.05, 0) is 18.2 Å². The van der Waals surface area contributed by atoms with Crippen LogP contribution in [-0.2, 0) is 0 Å². The van der Waals surface area contributed by atoms with Gasteiger partial charge >= 0.3 is 0 Å². The van der Waals surface area contributed by atoms with Crippen LogP contribution < -0.4 is 0 Å². The molecule has 0 radical (unpaired) electrons. The summed E-state index contributed by atoms with van der Waals surface area (Å²) in [6.07, 6.45) is 0. The highest BCUT2D eigenvalue weighted by Gasteiger charge is 2.16. The summed E-state index contributed by atoms with van der Waals surface area (Å²) in [6.45, 7) is 0. The van der Waals surface area contributed by atoms with Crippen LogP contribution in [-0.4, -0.2) is 21.1 Å². The zero-order chi connectivity index (χ0) is 13.3. The number of halogens is 1. The van der Waals surface area contributed by atoms with E-state index in [1.165, 1.54) is 30.3 Å². The number of ketones is 1. The van der Waals surface area contributed by atoms with Gasteiger partial charge in [0.05, 0.1) is 10.6 Å². The van der Waals surface area contributed by atoms with Gasteiger partial charge in [-0.2, -0.15) is 0 Å². The Bertz CT molecular complexity index is 622. The fourth-order valence-corrected chi connectivity index (χ4v) is 1.70. The summed E-state index contributed by atoms with van der Waals surface area (Å²) in [4.78, 5) is 12.1. The van der Waals surface area contributed by atoms with Crippen molar-refractivity contribution in [2.45, 2.75) is 0 Å². The molecule has 92 valence electrons. The van der Waals surface area contributed by atoms with Gasteiger partial charge in [-0.15, -0.1) is 0 Å². The Morgan fingerprint density at radius 2 is 1.72 bits per heavy atom. The number of benzene rings is 2. The first-order chi connectivity index (χ1) is 8.49. The number of rotatable bonds is 2. The molecule has 0 atom stereocenters. The third-order valence-corrected chi connectivity index (χ3v) is 2.72. The Labute approximate surface area is 108 Å². The molecule has 0 aliphatic rings. The second-order valence-electron chi connectivity index (χ2n) is 3.70. The lowest BCUT2D eigenvalue weighted by molar-refractivity contribution is 0.103. The molecule has 3 N–H and O–H groups in total. The number of aromatic hydroxyl groups is 3. The van der Waals surface area contributed by atoms with Crippen molar-refractivity contribution in [2.75, 3.05) is 0 Å². The van der Waals surface area contributed by atoms with Crippen molar-refractivity contribution in [3.05, 3.63) is 52.5 Å². The zero-order valence-electron chi connectivity index (χ0n) is 9.09. The predicted octanol–water partition coefficient (Wildman–Crippen LogP) is 2.69. The molecule has 5 heteroatoms. The molecule has 2 aromatic rings. The van der Waals surface area contributed by atoms with E-state index in [0.717, 1.165) is 6.07 Å². The first-order valence-corrected chi connectivity index (χ1v) is 5.42. The van der Waals surface area contributed by atoms with Gasteiger partial charge in [0.25, 0.3) is 0 Å². The van der Waals surface area contributed by atoms with Crippen LogP contribution in [0.15, 0.2) is 36.4 Å². The van der Waals surface area contributed by atoms with Crippen LogP contribution in [0, 0.1) is 0 Å². The van der Waals surface area contributed by atoms with E-state index in [9.17, 15) is 20.1 Å². The van der Waals surface area contributed by atoms with E-state index in [4.69, 9.17) is 11.6 Å².